The van der Waals surface area contributed by atoms with Gasteiger partial charge in [0.1, 0.15) is 29.3 Å². The van der Waals surface area contributed by atoms with Crippen LogP contribution in [0.4, 0.5) is 16.3 Å². The first-order valence-electron chi connectivity index (χ1n) is 12.8. The lowest BCUT2D eigenvalue weighted by atomic mass is 10.1. The first-order chi connectivity index (χ1) is 18.2. The number of nitrogens with zero attached hydrogens (tertiary/aromatic N) is 4. The standard InChI is InChI=1S/C27H32ClN5O5/c1-27(2,3)38-26(34)33-10-8-19(13-33)37-23-7-5-21-24(32-23)25(30-16-29-21)31-18-4-6-22(20(28)12-18)36-15-17-9-11-35-14-17/h4-7,12,16-17,19H,8-11,13-15H2,1-3H3,(H,29,30,31)/t17-,19-/m0/s1. The highest BCUT2D eigenvalue weighted by atomic mass is 35.5. The second kappa shape index (κ2) is 11.2. The van der Waals surface area contributed by atoms with E-state index in [1.54, 1.807) is 17.0 Å². The summed E-state index contributed by atoms with van der Waals surface area (Å²) in [6, 6.07) is 9.11. The van der Waals surface area contributed by atoms with Crippen molar-refractivity contribution in [3.63, 3.8) is 0 Å². The third-order valence-corrected chi connectivity index (χ3v) is 6.53. The van der Waals surface area contributed by atoms with Crippen LogP contribution in [0.2, 0.25) is 5.02 Å². The number of carbonyl (C=O) groups is 1. The number of pyridine rings is 1. The van der Waals surface area contributed by atoms with Crippen LogP contribution in [0.1, 0.15) is 33.6 Å². The highest BCUT2D eigenvalue weighted by molar-refractivity contribution is 6.32. The Morgan fingerprint density at radius 3 is 2.84 bits per heavy atom. The van der Waals surface area contributed by atoms with Crippen LogP contribution < -0.4 is 14.8 Å². The van der Waals surface area contributed by atoms with Gasteiger partial charge in [0.2, 0.25) is 5.88 Å². The van der Waals surface area contributed by atoms with Crippen molar-refractivity contribution in [3.05, 3.63) is 41.7 Å². The summed E-state index contributed by atoms with van der Waals surface area (Å²) in [6.07, 6.45) is 2.65. The van der Waals surface area contributed by atoms with E-state index in [-0.39, 0.29) is 12.2 Å². The van der Waals surface area contributed by atoms with Crippen molar-refractivity contribution in [1.82, 2.24) is 19.9 Å². The number of nitrogens with one attached hydrogen (secondary N) is 1. The predicted molar refractivity (Wildman–Crippen MR) is 143 cm³/mol. The van der Waals surface area contributed by atoms with E-state index in [0.717, 1.165) is 25.3 Å². The molecule has 5 rings (SSSR count). The molecule has 10 nitrogen and oxygen atoms in total. The Bertz CT molecular complexity index is 1290. The molecule has 1 aromatic carbocycles. The normalized spacial score (nSPS) is 19.5. The molecule has 2 aliphatic heterocycles. The number of hydrogen-bond donors (Lipinski definition) is 1. The first kappa shape index (κ1) is 26.2. The summed E-state index contributed by atoms with van der Waals surface area (Å²) in [6.45, 7) is 8.64. The quantitative estimate of drug-likeness (QED) is 0.430. The Balaban J connectivity index is 1.25. The molecule has 202 valence electrons. The predicted octanol–water partition coefficient (Wildman–Crippen LogP) is 5.23. The van der Waals surface area contributed by atoms with Crippen LogP contribution in [0, 0.1) is 5.92 Å². The van der Waals surface area contributed by atoms with Gasteiger partial charge in [0, 0.05) is 37.2 Å². The minimum absolute atomic E-state index is 0.185. The minimum atomic E-state index is -0.540. The summed E-state index contributed by atoms with van der Waals surface area (Å²) in [5, 5.41) is 3.78. The van der Waals surface area contributed by atoms with Crippen molar-refractivity contribution in [2.45, 2.75) is 45.3 Å². The number of anilines is 2. The molecule has 4 heterocycles. The smallest absolute Gasteiger partial charge is 0.410 e. The number of halogens is 1. The number of rotatable bonds is 7. The molecule has 2 fully saturated rings. The lowest BCUT2D eigenvalue weighted by Gasteiger charge is -2.24. The fourth-order valence-corrected chi connectivity index (χ4v) is 4.56. The van der Waals surface area contributed by atoms with Gasteiger partial charge >= 0.3 is 6.09 Å². The van der Waals surface area contributed by atoms with Gasteiger partial charge in [-0.25, -0.2) is 19.7 Å². The van der Waals surface area contributed by atoms with Gasteiger partial charge < -0.3 is 29.2 Å². The number of amides is 1. The first-order valence-corrected chi connectivity index (χ1v) is 13.1. The summed E-state index contributed by atoms with van der Waals surface area (Å²) in [4.78, 5) is 27.4. The second-order valence-electron chi connectivity index (χ2n) is 10.5. The zero-order chi connectivity index (χ0) is 26.7. The van der Waals surface area contributed by atoms with Crippen molar-refractivity contribution in [2.75, 3.05) is 38.2 Å². The van der Waals surface area contributed by atoms with Crippen molar-refractivity contribution >= 4 is 40.2 Å². The zero-order valence-electron chi connectivity index (χ0n) is 21.8. The summed E-state index contributed by atoms with van der Waals surface area (Å²) in [5.74, 6) is 1.98. The Hall–Kier alpha value is -3.37. The molecule has 0 aliphatic carbocycles. The summed E-state index contributed by atoms with van der Waals surface area (Å²) >= 11 is 6.49. The maximum absolute atomic E-state index is 12.4. The number of ether oxygens (including phenoxy) is 4. The van der Waals surface area contributed by atoms with Crippen LogP contribution >= 0.6 is 11.6 Å². The van der Waals surface area contributed by atoms with Crippen LogP contribution in [-0.2, 0) is 9.47 Å². The van der Waals surface area contributed by atoms with E-state index in [9.17, 15) is 4.79 Å². The molecule has 38 heavy (non-hydrogen) atoms. The largest absolute Gasteiger partial charge is 0.492 e. The summed E-state index contributed by atoms with van der Waals surface area (Å²) in [7, 11) is 0. The van der Waals surface area contributed by atoms with E-state index < -0.39 is 5.60 Å². The van der Waals surface area contributed by atoms with Crippen molar-refractivity contribution in [3.8, 4) is 11.6 Å². The number of benzene rings is 1. The maximum atomic E-state index is 12.4. The summed E-state index contributed by atoms with van der Waals surface area (Å²) < 4.78 is 22.9. The van der Waals surface area contributed by atoms with Crippen LogP contribution in [0.5, 0.6) is 11.6 Å². The van der Waals surface area contributed by atoms with Gasteiger partial charge in [-0.3, -0.25) is 0 Å². The van der Waals surface area contributed by atoms with Gasteiger partial charge in [0.15, 0.2) is 5.82 Å². The van der Waals surface area contributed by atoms with E-state index in [1.165, 1.54) is 6.33 Å². The molecule has 0 unspecified atom stereocenters. The van der Waals surface area contributed by atoms with Gasteiger partial charge in [-0.05, 0) is 51.5 Å². The summed E-state index contributed by atoms with van der Waals surface area (Å²) in [5.41, 5.74) is 1.43. The Kier molecular flexibility index (Phi) is 7.71. The highest BCUT2D eigenvalue weighted by Gasteiger charge is 2.31. The van der Waals surface area contributed by atoms with E-state index in [2.05, 4.69) is 20.3 Å². The minimum Gasteiger partial charge on any atom is -0.492 e. The van der Waals surface area contributed by atoms with E-state index in [4.69, 9.17) is 30.5 Å². The topological polar surface area (TPSA) is 108 Å². The van der Waals surface area contributed by atoms with Gasteiger partial charge in [0.25, 0.3) is 0 Å². The van der Waals surface area contributed by atoms with Crippen LogP contribution in [0.25, 0.3) is 11.0 Å². The molecule has 2 aromatic heterocycles. The molecule has 0 saturated carbocycles. The third-order valence-electron chi connectivity index (χ3n) is 6.23. The molecule has 3 aromatic rings. The molecule has 2 atom stereocenters. The lowest BCUT2D eigenvalue weighted by Crippen LogP contribution is -2.36. The van der Waals surface area contributed by atoms with E-state index in [1.807, 2.05) is 39.0 Å². The average molecular weight is 542 g/mol. The van der Waals surface area contributed by atoms with Gasteiger partial charge in [-0.2, -0.15) is 0 Å². The number of hydrogen-bond acceptors (Lipinski definition) is 9. The fraction of sp³-hybridized carbons (Fsp3) is 0.481. The van der Waals surface area contributed by atoms with Crippen molar-refractivity contribution in [1.29, 1.82) is 0 Å². The SMILES string of the molecule is CC(C)(C)OC(=O)N1CC[C@H](Oc2ccc3ncnc(Nc4ccc(OC[C@H]5CCOC5)c(Cl)c4)c3n2)C1. The Morgan fingerprint density at radius 1 is 1.21 bits per heavy atom. The van der Waals surface area contributed by atoms with Crippen LogP contribution in [0.3, 0.4) is 0 Å². The maximum Gasteiger partial charge on any atom is 0.410 e. The van der Waals surface area contributed by atoms with Crippen LogP contribution in [-0.4, -0.2) is 70.6 Å². The van der Waals surface area contributed by atoms with Gasteiger partial charge in [-0.1, -0.05) is 11.6 Å². The van der Waals surface area contributed by atoms with Gasteiger partial charge in [-0.15, -0.1) is 0 Å². The van der Waals surface area contributed by atoms with Crippen LogP contribution in [0.15, 0.2) is 36.7 Å². The Morgan fingerprint density at radius 2 is 2.08 bits per heavy atom. The number of carbonyl (C=O) groups excluding carboxylic acids is 1. The zero-order valence-corrected chi connectivity index (χ0v) is 22.5. The molecular formula is C27H32ClN5O5. The molecule has 0 bridgehead atoms. The number of fused-ring (bicyclic) bond motifs is 1. The highest BCUT2D eigenvalue weighted by Crippen LogP contribution is 2.31. The monoisotopic (exact) mass is 541 g/mol. The third kappa shape index (κ3) is 6.54. The van der Waals surface area contributed by atoms with Gasteiger partial charge in [0.05, 0.1) is 30.3 Å². The molecule has 2 aliphatic rings. The Labute approximate surface area is 226 Å². The van der Waals surface area contributed by atoms with Crippen molar-refractivity contribution < 1.29 is 23.7 Å². The lowest BCUT2D eigenvalue weighted by molar-refractivity contribution is 0.0275. The van der Waals surface area contributed by atoms with E-state index >= 15 is 0 Å². The molecule has 11 heteroatoms. The molecule has 0 spiro atoms. The average Bonchev–Trinajstić information content (AvgIpc) is 3.55. The molecular weight excluding hydrogens is 510 g/mol. The molecule has 1 amide bonds. The molecule has 1 N–H and O–H groups in total. The second-order valence-corrected chi connectivity index (χ2v) is 10.9. The van der Waals surface area contributed by atoms with E-state index in [0.29, 0.717) is 65.5 Å². The number of likely N-dealkylation sites (tertiary alicyclic amines) is 1. The fourth-order valence-electron chi connectivity index (χ4n) is 4.32. The van der Waals surface area contributed by atoms with Crippen molar-refractivity contribution in [2.24, 2.45) is 5.92 Å². The molecule has 2 saturated heterocycles. The molecule has 0 radical (unpaired) electrons. The number of aromatic nitrogens is 3.